The van der Waals surface area contributed by atoms with Gasteiger partial charge in [-0.25, -0.2) is 8.78 Å². The number of ether oxygens (including phenoxy) is 1. The van der Waals surface area contributed by atoms with Gasteiger partial charge in [-0.05, 0) is 46.0 Å². The van der Waals surface area contributed by atoms with Crippen LogP contribution in [0.2, 0.25) is 0 Å². The van der Waals surface area contributed by atoms with E-state index in [1.165, 1.54) is 18.2 Å². The molecule has 0 aliphatic carbocycles. The van der Waals surface area contributed by atoms with Crippen LogP contribution in [0, 0.1) is 11.6 Å². The van der Waals surface area contributed by atoms with Gasteiger partial charge < -0.3 is 25.2 Å². The lowest BCUT2D eigenvalue weighted by Gasteiger charge is -2.33. The van der Waals surface area contributed by atoms with Gasteiger partial charge in [0, 0.05) is 44.9 Å². The molecule has 172 valence electrons. The molecule has 0 amide bonds. The topological polar surface area (TPSA) is 52.1 Å². The Kier molecular flexibility index (Phi) is 12.7. The van der Waals surface area contributed by atoms with Crippen molar-refractivity contribution >= 4 is 29.9 Å². The first-order chi connectivity index (χ1) is 14.0. The molecule has 1 aliphatic heterocycles. The number of aliphatic imine (C=N–C) groups is 1. The maximum Gasteiger partial charge on any atom is 0.191 e. The lowest BCUT2D eigenvalue weighted by Crippen LogP contribution is -2.49. The summed E-state index contributed by atoms with van der Waals surface area (Å²) in [5.74, 6) is -0.396. The normalized spacial score (nSPS) is 17.0. The number of methoxy groups -OCH3 is 1. The van der Waals surface area contributed by atoms with Gasteiger partial charge in [0.25, 0.3) is 0 Å². The molecule has 1 aromatic carbocycles. The molecule has 1 saturated heterocycles. The van der Waals surface area contributed by atoms with Crippen molar-refractivity contribution in [2.75, 3.05) is 60.5 Å². The van der Waals surface area contributed by atoms with Crippen molar-refractivity contribution in [3.8, 4) is 0 Å². The number of nitrogens with zero attached hydrogens (tertiary/aromatic N) is 3. The Morgan fingerprint density at radius 3 is 2.43 bits per heavy atom. The Morgan fingerprint density at radius 2 is 1.90 bits per heavy atom. The van der Waals surface area contributed by atoms with E-state index in [1.54, 1.807) is 12.0 Å². The second kappa shape index (κ2) is 14.1. The number of benzene rings is 1. The molecule has 0 saturated carbocycles. The summed E-state index contributed by atoms with van der Waals surface area (Å²) in [6, 6.07) is 3.81. The summed E-state index contributed by atoms with van der Waals surface area (Å²) in [6.07, 6.45) is 2.04. The zero-order chi connectivity index (χ0) is 21.2. The van der Waals surface area contributed by atoms with Crippen LogP contribution in [0.1, 0.15) is 31.4 Å². The number of likely N-dealkylation sites (N-methyl/N-ethyl adjacent to an activating group) is 1. The van der Waals surface area contributed by atoms with Crippen molar-refractivity contribution in [1.82, 2.24) is 20.4 Å². The van der Waals surface area contributed by atoms with Gasteiger partial charge in [0.2, 0.25) is 0 Å². The quantitative estimate of drug-likeness (QED) is 0.287. The monoisotopic (exact) mass is 539 g/mol. The number of hydrogen-bond donors (Lipinski definition) is 2. The van der Waals surface area contributed by atoms with Crippen molar-refractivity contribution < 1.29 is 13.5 Å². The van der Waals surface area contributed by atoms with Gasteiger partial charge >= 0.3 is 0 Å². The molecular formula is C21H36F2IN5O. The minimum Gasteiger partial charge on any atom is -0.383 e. The Labute approximate surface area is 196 Å². The van der Waals surface area contributed by atoms with Crippen LogP contribution in [0.4, 0.5) is 8.78 Å². The minimum atomic E-state index is -0.541. The maximum absolute atomic E-state index is 14.3. The number of likely N-dealkylation sites (tertiary alicyclic amines) is 1. The molecular weight excluding hydrogens is 503 g/mol. The van der Waals surface area contributed by atoms with E-state index in [2.05, 4.69) is 20.5 Å². The van der Waals surface area contributed by atoms with E-state index < -0.39 is 17.7 Å². The fourth-order valence-corrected chi connectivity index (χ4v) is 3.55. The summed E-state index contributed by atoms with van der Waals surface area (Å²) in [7, 11) is 5.34. The lowest BCUT2D eigenvalue weighted by atomic mass is 10.0. The molecule has 1 aliphatic rings. The van der Waals surface area contributed by atoms with E-state index in [9.17, 15) is 8.78 Å². The molecule has 1 aromatic rings. The van der Waals surface area contributed by atoms with Crippen molar-refractivity contribution in [3.63, 3.8) is 0 Å². The van der Waals surface area contributed by atoms with Crippen molar-refractivity contribution in [2.24, 2.45) is 4.99 Å². The highest BCUT2D eigenvalue weighted by Gasteiger charge is 2.23. The van der Waals surface area contributed by atoms with Crippen LogP contribution in [-0.2, 0) is 4.74 Å². The fraction of sp³-hybridized carbons (Fsp3) is 0.667. The van der Waals surface area contributed by atoms with Crippen molar-refractivity contribution in [1.29, 1.82) is 0 Å². The summed E-state index contributed by atoms with van der Waals surface area (Å²) in [4.78, 5) is 8.83. The molecule has 9 heteroatoms. The highest BCUT2D eigenvalue weighted by atomic mass is 127. The van der Waals surface area contributed by atoms with E-state index >= 15 is 0 Å². The van der Waals surface area contributed by atoms with Gasteiger partial charge in [0.1, 0.15) is 11.6 Å². The van der Waals surface area contributed by atoms with Gasteiger partial charge in [-0.1, -0.05) is 6.07 Å². The molecule has 1 unspecified atom stereocenters. The molecule has 1 atom stereocenters. The predicted octanol–water partition coefficient (Wildman–Crippen LogP) is 2.85. The summed E-state index contributed by atoms with van der Waals surface area (Å²) >= 11 is 0. The highest BCUT2D eigenvalue weighted by molar-refractivity contribution is 14.0. The summed E-state index contributed by atoms with van der Waals surface area (Å²) < 4.78 is 33.7. The summed E-state index contributed by atoms with van der Waals surface area (Å²) in [5.41, 5.74) is 0.0588. The first kappa shape index (κ1) is 27.0. The van der Waals surface area contributed by atoms with Crippen LogP contribution in [0.3, 0.4) is 0 Å². The average Bonchev–Trinajstić information content (AvgIpc) is 2.69. The third-order valence-electron chi connectivity index (χ3n) is 5.26. The largest absolute Gasteiger partial charge is 0.383 e. The number of guanidine groups is 1. The smallest absolute Gasteiger partial charge is 0.191 e. The van der Waals surface area contributed by atoms with Crippen LogP contribution < -0.4 is 10.6 Å². The van der Waals surface area contributed by atoms with E-state index in [0.717, 1.165) is 45.6 Å². The van der Waals surface area contributed by atoms with Gasteiger partial charge in [-0.3, -0.25) is 4.99 Å². The van der Waals surface area contributed by atoms with Crippen LogP contribution in [0.25, 0.3) is 0 Å². The Bertz CT molecular complexity index is 634. The Hall–Kier alpha value is -1.04. The van der Waals surface area contributed by atoms with Crippen LogP contribution in [0.15, 0.2) is 23.2 Å². The van der Waals surface area contributed by atoms with Crippen LogP contribution in [0.5, 0.6) is 0 Å². The second-order valence-electron chi connectivity index (χ2n) is 7.59. The lowest BCUT2D eigenvalue weighted by molar-refractivity contribution is 0.128. The zero-order valence-corrected chi connectivity index (χ0v) is 20.8. The number of halogens is 3. The van der Waals surface area contributed by atoms with Crippen LogP contribution >= 0.6 is 24.0 Å². The zero-order valence-electron chi connectivity index (χ0n) is 18.5. The maximum atomic E-state index is 14.3. The van der Waals surface area contributed by atoms with Gasteiger partial charge in [-0.2, -0.15) is 0 Å². The number of piperidine rings is 1. The second-order valence-corrected chi connectivity index (χ2v) is 7.59. The Balaban J connectivity index is 0.00000450. The first-order valence-electron chi connectivity index (χ1n) is 10.3. The van der Waals surface area contributed by atoms with Gasteiger partial charge in [-0.15, -0.1) is 24.0 Å². The predicted molar refractivity (Wildman–Crippen MR) is 129 cm³/mol. The molecule has 2 rings (SSSR count). The standard InChI is InChI=1S/C21H35F2N5O.HI/c1-5-24-21(26-16-9-11-28(12-10-16)13-14-29-4)25-15-19(27(2)3)20-17(22)7-6-8-18(20)23;/h6-8,16,19H,5,9-15H2,1-4H3,(H2,24,25,26);1H. The average molecular weight is 539 g/mol. The van der Waals surface area contributed by atoms with Gasteiger partial charge in [0.05, 0.1) is 19.2 Å². The first-order valence-corrected chi connectivity index (χ1v) is 10.3. The van der Waals surface area contributed by atoms with E-state index in [0.29, 0.717) is 12.0 Å². The third-order valence-corrected chi connectivity index (χ3v) is 5.26. The molecule has 0 radical (unpaired) electrons. The number of hydrogen-bond acceptors (Lipinski definition) is 4. The molecule has 1 heterocycles. The molecule has 30 heavy (non-hydrogen) atoms. The summed E-state index contributed by atoms with van der Waals surface area (Å²) in [6.45, 7) is 6.72. The van der Waals surface area contributed by atoms with E-state index in [4.69, 9.17) is 4.74 Å². The molecule has 0 bridgehead atoms. The highest BCUT2D eigenvalue weighted by Crippen LogP contribution is 2.24. The van der Waals surface area contributed by atoms with E-state index in [-0.39, 0.29) is 36.1 Å². The van der Waals surface area contributed by atoms with Gasteiger partial charge in [0.15, 0.2) is 5.96 Å². The van der Waals surface area contributed by atoms with Crippen LogP contribution in [-0.4, -0.2) is 82.3 Å². The molecule has 0 aromatic heterocycles. The number of rotatable bonds is 9. The number of nitrogens with one attached hydrogen (secondary N) is 2. The van der Waals surface area contributed by atoms with E-state index in [1.807, 2.05) is 21.0 Å². The molecule has 2 N–H and O–H groups in total. The fourth-order valence-electron chi connectivity index (χ4n) is 3.55. The third kappa shape index (κ3) is 8.24. The van der Waals surface area contributed by atoms with Crippen molar-refractivity contribution in [3.05, 3.63) is 35.4 Å². The Morgan fingerprint density at radius 1 is 1.27 bits per heavy atom. The van der Waals surface area contributed by atoms with Crippen molar-refractivity contribution in [2.45, 2.75) is 31.8 Å². The molecule has 6 nitrogen and oxygen atoms in total. The minimum absolute atomic E-state index is 0. The summed E-state index contributed by atoms with van der Waals surface area (Å²) in [5, 5.41) is 6.73. The SMILES string of the molecule is CCNC(=NCC(c1c(F)cccc1F)N(C)C)NC1CCN(CCOC)CC1.I. The molecule has 1 fully saturated rings. The molecule has 0 spiro atoms.